The molecule has 0 fully saturated rings. The topological polar surface area (TPSA) is 68.0 Å². The Kier molecular flexibility index (Phi) is 2.63. The lowest BCUT2D eigenvalue weighted by Crippen LogP contribution is -2.14. The Labute approximate surface area is 70.8 Å². The Morgan fingerprint density at radius 2 is 2.50 bits per heavy atom. The Morgan fingerprint density at radius 1 is 1.75 bits per heavy atom. The number of nitrogens with two attached hydrogens (primary N) is 1. The van der Waals surface area contributed by atoms with Gasteiger partial charge in [-0.2, -0.15) is 0 Å². The highest BCUT2D eigenvalue weighted by atomic mass is 16.1. The highest BCUT2D eigenvalue weighted by molar-refractivity contribution is 5.98. The summed E-state index contributed by atoms with van der Waals surface area (Å²) in [6, 6.07) is 1.73. The summed E-state index contributed by atoms with van der Waals surface area (Å²) >= 11 is 0. The van der Waals surface area contributed by atoms with Crippen LogP contribution in [0.3, 0.4) is 0 Å². The quantitative estimate of drug-likeness (QED) is 0.689. The maximum atomic E-state index is 10.8. The normalized spacial score (nSPS) is 9.42. The average molecular weight is 165 g/mol. The van der Waals surface area contributed by atoms with Crippen molar-refractivity contribution in [3.8, 4) is 0 Å². The number of primary amides is 1. The first-order valence-electron chi connectivity index (χ1n) is 3.73. The lowest BCUT2D eigenvalue weighted by atomic mass is 10.2. The van der Waals surface area contributed by atoms with Crippen LogP contribution in [0.25, 0.3) is 0 Å². The summed E-state index contributed by atoms with van der Waals surface area (Å²) in [5.41, 5.74) is 6.29. The van der Waals surface area contributed by atoms with Gasteiger partial charge in [-0.25, -0.2) is 0 Å². The Bertz CT molecular complexity index is 285. The van der Waals surface area contributed by atoms with Gasteiger partial charge in [0.25, 0.3) is 5.91 Å². The van der Waals surface area contributed by atoms with Gasteiger partial charge in [0.1, 0.15) is 0 Å². The molecule has 0 aliphatic heterocycles. The molecular weight excluding hydrogens is 154 g/mol. The number of hydrogen-bond donors (Lipinski definition) is 2. The first-order valence-corrected chi connectivity index (χ1v) is 3.73. The molecule has 1 aromatic rings. The lowest BCUT2D eigenvalue weighted by molar-refractivity contribution is 0.100. The summed E-state index contributed by atoms with van der Waals surface area (Å²) in [6.45, 7) is 2.70. The molecule has 4 heteroatoms. The van der Waals surface area contributed by atoms with E-state index in [0.717, 1.165) is 12.2 Å². The SMILES string of the molecule is CCNc1ccncc1C(N)=O. The predicted octanol–water partition coefficient (Wildman–Crippen LogP) is 0.612. The molecular formula is C8H11N3O. The second kappa shape index (κ2) is 3.71. The number of carbonyl (C=O) groups is 1. The molecule has 0 spiro atoms. The van der Waals surface area contributed by atoms with E-state index in [0.29, 0.717) is 5.56 Å². The number of nitrogens with one attached hydrogen (secondary N) is 1. The minimum absolute atomic E-state index is 0.430. The molecule has 3 N–H and O–H groups in total. The summed E-state index contributed by atoms with van der Waals surface area (Å²) in [6.07, 6.45) is 3.07. The second-order valence-corrected chi connectivity index (χ2v) is 2.32. The highest BCUT2D eigenvalue weighted by Gasteiger charge is 2.05. The van der Waals surface area contributed by atoms with Gasteiger partial charge in [0.2, 0.25) is 0 Å². The number of rotatable bonds is 3. The molecule has 0 unspecified atom stereocenters. The number of amides is 1. The minimum Gasteiger partial charge on any atom is -0.385 e. The number of nitrogens with zero attached hydrogens (tertiary/aromatic N) is 1. The van der Waals surface area contributed by atoms with Gasteiger partial charge in [0.15, 0.2) is 0 Å². The molecule has 4 nitrogen and oxygen atoms in total. The van der Waals surface area contributed by atoms with Crippen molar-refractivity contribution in [1.82, 2.24) is 4.98 Å². The van der Waals surface area contributed by atoms with E-state index in [1.54, 1.807) is 12.3 Å². The fourth-order valence-corrected chi connectivity index (χ4v) is 0.935. The molecule has 1 aromatic heterocycles. The molecule has 0 saturated carbocycles. The fraction of sp³-hybridized carbons (Fsp3) is 0.250. The zero-order chi connectivity index (χ0) is 8.97. The molecule has 64 valence electrons. The largest absolute Gasteiger partial charge is 0.385 e. The summed E-state index contributed by atoms with van der Waals surface area (Å²) in [4.78, 5) is 14.6. The van der Waals surface area contributed by atoms with Gasteiger partial charge in [0, 0.05) is 18.9 Å². The van der Waals surface area contributed by atoms with Crippen LogP contribution in [0.4, 0.5) is 5.69 Å². The van der Waals surface area contributed by atoms with Crippen LogP contribution in [-0.2, 0) is 0 Å². The third kappa shape index (κ3) is 1.72. The van der Waals surface area contributed by atoms with Gasteiger partial charge in [-0.1, -0.05) is 0 Å². The third-order valence-corrected chi connectivity index (χ3v) is 1.45. The predicted molar refractivity (Wildman–Crippen MR) is 46.9 cm³/mol. The van der Waals surface area contributed by atoms with Crippen LogP contribution in [0.2, 0.25) is 0 Å². The lowest BCUT2D eigenvalue weighted by Gasteiger charge is -2.05. The van der Waals surface area contributed by atoms with E-state index >= 15 is 0 Å². The number of carbonyl (C=O) groups excluding carboxylic acids is 1. The van der Waals surface area contributed by atoms with E-state index in [9.17, 15) is 4.79 Å². The van der Waals surface area contributed by atoms with E-state index in [-0.39, 0.29) is 0 Å². The molecule has 1 rings (SSSR count). The average Bonchev–Trinajstić information content (AvgIpc) is 2.05. The van der Waals surface area contributed by atoms with Crippen LogP contribution in [0.15, 0.2) is 18.5 Å². The molecule has 0 aliphatic carbocycles. The van der Waals surface area contributed by atoms with E-state index in [1.807, 2.05) is 6.92 Å². The Balaban J connectivity index is 3.00. The van der Waals surface area contributed by atoms with Crippen molar-refractivity contribution in [3.63, 3.8) is 0 Å². The maximum absolute atomic E-state index is 10.8. The van der Waals surface area contributed by atoms with Gasteiger partial charge >= 0.3 is 0 Å². The maximum Gasteiger partial charge on any atom is 0.252 e. The summed E-state index contributed by atoms with van der Waals surface area (Å²) in [7, 11) is 0. The first kappa shape index (κ1) is 8.52. The Hall–Kier alpha value is -1.58. The number of pyridine rings is 1. The first-order chi connectivity index (χ1) is 5.75. The molecule has 0 bridgehead atoms. The molecule has 0 saturated heterocycles. The summed E-state index contributed by atoms with van der Waals surface area (Å²) < 4.78 is 0. The van der Waals surface area contributed by atoms with Crippen molar-refractivity contribution in [2.24, 2.45) is 5.73 Å². The monoisotopic (exact) mass is 165 g/mol. The van der Waals surface area contributed by atoms with Crippen molar-refractivity contribution in [1.29, 1.82) is 0 Å². The summed E-state index contributed by atoms with van der Waals surface area (Å²) in [5, 5.41) is 3.02. The van der Waals surface area contributed by atoms with E-state index in [1.165, 1.54) is 6.20 Å². The molecule has 1 amide bonds. The standard InChI is InChI=1S/C8H11N3O/c1-2-11-7-3-4-10-5-6(7)8(9)12/h3-5H,2H2,1H3,(H2,9,12)(H,10,11). The fourth-order valence-electron chi connectivity index (χ4n) is 0.935. The number of hydrogen-bond acceptors (Lipinski definition) is 3. The van der Waals surface area contributed by atoms with Crippen LogP contribution < -0.4 is 11.1 Å². The second-order valence-electron chi connectivity index (χ2n) is 2.32. The van der Waals surface area contributed by atoms with Gasteiger partial charge in [0.05, 0.1) is 11.3 Å². The molecule has 0 aromatic carbocycles. The van der Waals surface area contributed by atoms with E-state index in [4.69, 9.17) is 5.73 Å². The van der Waals surface area contributed by atoms with Crippen LogP contribution in [0, 0.1) is 0 Å². The van der Waals surface area contributed by atoms with Crippen molar-refractivity contribution < 1.29 is 4.79 Å². The van der Waals surface area contributed by atoms with E-state index in [2.05, 4.69) is 10.3 Å². The van der Waals surface area contributed by atoms with Crippen molar-refractivity contribution >= 4 is 11.6 Å². The highest BCUT2D eigenvalue weighted by Crippen LogP contribution is 2.11. The van der Waals surface area contributed by atoms with Crippen LogP contribution in [0.5, 0.6) is 0 Å². The molecule has 0 radical (unpaired) electrons. The van der Waals surface area contributed by atoms with Gasteiger partial charge < -0.3 is 11.1 Å². The van der Waals surface area contributed by atoms with Crippen LogP contribution >= 0.6 is 0 Å². The molecule has 0 atom stereocenters. The van der Waals surface area contributed by atoms with Gasteiger partial charge in [-0.3, -0.25) is 9.78 Å². The number of anilines is 1. The molecule has 0 aliphatic rings. The zero-order valence-corrected chi connectivity index (χ0v) is 6.87. The molecule has 1 heterocycles. The molecule has 12 heavy (non-hydrogen) atoms. The summed E-state index contributed by atoms with van der Waals surface area (Å²) in [5.74, 6) is -0.459. The van der Waals surface area contributed by atoms with E-state index < -0.39 is 5.91 Å². The van der Waals surface area contributed by atoms with Gasteiger partial charge in [-0.15, -0.1) is 0 Å². The third-order valence-electron chi connectivity index (χ3n) is 1.45. The van der Waals surface area contributed by atoms with Crippen LogP contribution in [-0.4, -0.2) is 17.4 Å². The number of aromatic nitrogens is 1. The van der Waals surface area contributed by atoms with Crippen LogP contribution in [0.1, 0.15) is 17.3 Å². The van der Waals surface area contributed by atoms with Crippen molar-refractivity contribution in [2.75, 3.05) is 11.9 Å². The minimum atomic E-state index is -0.459. The van der Waals surface area contributed by atoms with Gasteiger partial charge in [-0.05, 0) is 13.0 Å². The smallest absolute Gasteiger partial charge is 0.252 e. The van der Waals surface area contributed by atoms with Crippen molar-refractivity contribution in [2.45, 2.75) is 6.92 Å². The van der Waals surface area contributed by atoms with Crippen molar-refractivity contribution in [3.05, 3.63) is 24.0 Å². The zero-order valence-electron chi connectivity index (χ0n) is 6.87. The Morgan fingerprint density at radius 3 is 3.08 bits per heavy atom.